The Morgan fingerprint density at radius 3 is 2.35 bits per heavy atom. The molecule has 9 nitrogen and oxygen atoms in total. The molecule has 3 rings (SSSR count). The Morgan fingerprint density at radius 2 is 1.82 bits per heavy atom. The predicted octanol–water partition coefficient (Wildman–Crippen LogP) is 3.13. The average Bonchev–Trinajstić information content (AvgIpc) is 3.16. The predicted molar refractivity (Wildman–Crippen MR) is 122 cm³/mol. The van der Waals surface area contributed by atoms with Crippen molar-refractivity contribution in [2.45, 2.75) is 13.2 Å². The van der Waals surface area contributed by atoms with E-state index in [1.165, 1.54) is 37.1 Å². The standard InChI is InChI=1S/C24H22FN5O4/c1-32-20-10-16(9-17(12-26)22-19(13-27)24(28)30(29-22)7-8-31)11-21(33-2)23(20)34-14-15-3-5-18(25)6-4-15/h3-6,9-11,31H,7-8,14,28H2,1-2H3. The Balaban J connectivity index is 2.00. The molecule has 0 atom stereocenters. The van der Waals surface area contributed by atoms with Crippen molar-refractivity contribution in [1.82, 2.24) is 9.78 Å². The second kappa shape index (κ2) is 10.9. The third-order valence-electron chi connectivity index (χ3n) is 4.88. The second-order valence-corrected chi connectivity index (χ2v) is 7.01. The molecule has 10 heteroatoms. The van der Waals surface area contributed by atoms with Crippen LogP contribution in [0.25, 0.3) is 11.6 Å². The van der Waals surface area contributed by atoms with E-state index in [9.17, 15) is 20.0 Å². The number of allylic oxidation sites excluding steroid dienone is 1. The fraction of sp³-hybridized carbons (Fsp3) is 0.208. The maximum Gasteiger partial charge on any atom is 0.203 e. The number of aliphatic hydroxyl groups is 1. The highest BCUT2D eigenvalue weighted by molar-refractivity contribution is 5.91. The number of benzene rings is 2. The summed E-state index contributed by atoms with van der Waals surface area (Å²) in [6.07, 6.45) is 1.51. The molecule has 1 aromatic heterocycles. The molecule has 0 saturated carbocycles. The minimum Gasteiger partial charge on any atom is -0.493 e. The van der Waals surface area contributed by atoms with E-state index in [4.69, 9.17) is 19.9 Å². The van der Waals surface area contributed by atoms with Gasteiger partial charge in [-0.1, -0.05) is 12.1 Å². The molecule has 1 heterocycles. The van der Waals surface area contributed by atoms with Crippen molar-refractivity contribution in [3.05, 3.63) is 64.6 Å². The number of hydrogen-bond donors (Lipinski definition) is 2. The molecule has 0 aliphatic heterocycles. The largest absolute Gasteiger partial charge is 0.493 e. The van der Waals surface area contributed by atoms with Crippen LogP contribution in [-0.4, -0.2) is 35.7 Å². The molecule has 0 amide bonds. The van der Waals surface area contributed by atoms with Crippen molar-refractivity contribution in [3.8, 4) is 29.4 Å². The van der Waals surface area contributed by atoms with Crippen LogP contribution in [0.5, 0.6) is 17.2 Å². The lowest BCUT2D eigenvalue weighted by Crippen LogP contribution is -2.07. The van der Waals surface area contributed by atoms with Crippen LogP contribution in [0.2, 0.25) is 0 Å². The molecule has 0 fully saturated rings. The number of aromatic nitrogens is 2. The topological polar surface area (TPSA) is 139 Å². The summed E-state index contributed by atoms with van der Waals surface area (Å²) in [7, 11) is 2.92. The first kappa shape index (κ1) is 24.1. The van der Waals surface area contributed by atoms with Gasteiger partial charge in [0.05, 0.1) is 32.9 Å². The summed E-state index contributed by atoms with van der Waals surface area (Å²) in [5.41, 5.74) is 7.45. The highest BCUT2D eigenvalue weighted by atomic mass is 19.1. The SMILES string of the molecule is COc1cc(C=C(C#N)c2nn(CCO)c(N)c2C#N)cc(OC)c1OCc1ccc(F)cc1. The van der Waals surface area contributed by atoms with E-state index in [0.29, 0.717) is 22.8 Å². The van der Waals surface area contributed by atoms with Crippen LogP contribution in [-0.2, 0) is 13.2 Å². The second-order valence-electron chi connectivity index (χ2n) is 7.01. The zero-order chi connectivity index (χ0) is 24.7. The van der Waals surface area contributed by atoms with Crippen molar-refractivity contribution < 1.29 is 23.7 Å². The summed E-state index contributed by atoms with van der Waals surface area (Å²) in [5.74, 6) is 0.740. The third kappa shape index (κ3) is 5.09. The Hall–Kier alpha value is -4.54. The number of methoxy groups -OCH3 is 2. The van der Waals surface area contributed by atoms with Crippen LogP contribution >= 0.6 is 0 Å². The molecule has 0 bridgehead atoms. The van der Waals surface area contributed by atoms with Gasteiger partial charge in [-0.3, -0.25) is 0 Å². The number of anilines is 1. The van der Waals surface area contributed by atoms with Gasteiger partial charge in [-0.25, -0.2) is 9.07 Å². The van der Waals surface area contributed by atoms with Crippen LogP contribution < -0.4 is 19.9 Å². The molecule has 0 aliphatic rings. The lowest BCUT2D eigenvalue weighted by Gasteiger charge is -2.15. The van der Waals surface area contributed by atoms with Gasteiger partial charge in [-0.15, -0.1) is 0 Å². The number of nitrogen functional groups attached to an aromatic ring is 1. The first-order chi connectivity index (χ1) is 16.4. The molecule has 34 heavy (non-hydrogen) atoms. The van der Waals surface area contributed by atoms with Crippen molar-refractivity contribution in [2.24, 2.45) is 0 Å². The summed E-state index contributed by atoms with van der Waals surface area (Å²) in [5, 5.41) is 32.6. The maximum atomic E-state index is 13.1. The molecule has 2 aromatic carbocycles. The Bertz CT molecular complexity index is 1260. The number of ether oxygens (including phenoxy) is 3. The van der Waals surface area contributed by atoms with E-state index in [1.54, 1.807) is 24.3 Å². The molecule has 0 unspecified atom stereocenters. The van der Waals surface area contributed by atoms with E-state index in [0.717, 1.165) is 5.56 Å². The Labute approximate surface area is 195 Å². The fourth-order valence-electron chi connectivity index (χ4n) is 3.22. The zero-order valence-corrected chi connectivity index (χ0v) is 18.6. The summed E-state index contributed by atoms with van der Waals surface area (Å²) >= 11 is 0. The third-order valence-corrected chi connectivity index (χ3v) is 4.88. The maximum absolute atomic E-state index is 13.1. The molecule has 3 aromatic rings. The average molecular weight is 463 g/mol. The van der Waals surface area contributed by atoms with Gasteiger partial charge in [-0.2, -0.15) is 15.6 Å². The number of rotatable bonds is 9. The van der Waals surface area contributed by atoms with Crippen molar-refractivity contribution in [1.29, 1.82) is 10.5 Å². The Morgan fingerprint density at radius 1 is 1.18 bits per heavy atom. The summed E-state index contributed by atoms with van der Waals surface area (Å²) in [6.45, 7) is 0.00919. The number of hydrogen-bond acceptors (Lipinski definition) is 8. The molecule has 174 valence electrons. The fourth-order valence-corrected chi connectivity index (χ4v) is 3.22. The van der Waals surface area contributed by atoms with Crippen LogP contribution in [0.4, 0.5) is 10.2 Å². The van der Waals surface area contributed by atoms with E-state index in [2.05, 4.69) is 5.10 Å². The number of aliphatic hydroxyl groups excluding tert-OH is 1. The summed E-state index contributed by atoms with van der Waals surface area (Å²) in [4.78, 5) is 0. The van der Waals surface area contributed by atoms with Gasteiger partial charge >= 0.3 is 0 Å². The van der Waals surface area contributed by atoms with Crippen molar-refractivity contribution in [3.63, 3.8) is 0 Å². The summed E-state index contributed by atoms with van der Waals surface area (Å²) < 4.78 is 31.2. The van der Waals surface area contributed by atoms with Gasteiger partial charge in [0.15, 0.2) is 11.5 Å². The van der Waals surface area contributed by atoms with Crippen molar-refractivity contribution in [2.75, 3.05) is 26.6 Å². The van der Waals surface area contributed by atoms with Crippen LogP contribution in [0.1, 0.15) is 22.4 Å². The lowest BCUT2D eigenvalue weighted by atomic mass is 10.1. The van der Waals surface area contributed by atoms with Gasteiger partial charge in [0.1, 0.15) is 41.6 Å². The van der Waals surface area contributed by atoms with Crippen molar-refractivity contribution >= 4 is 17.5 Å². The molecule has 0 radical (unpaired) electrons. The molecule has 0 aliphatic carbocycles. The first-order valence-electron chi connectivity index (χ1n) is 10.1. The number of halogens is 1. The minimum absolute atomic E-state index is 0.0411. The minimum atomic E-state index is -0.342. The highest BCUT2D eigenvalue weighted by Gasteiger charge is 2.20. The molecular weight excluding hydrogens is 441 g/mol. The van der Waals surface area contributed by atoms with E-state index < -0.39 is 0 Å². The number of nitriles is 2. The zero-order valence-electron chi connectivity index (χ0n) is 18.6. The molecule has 3 N–H and O–H groups in total. The van der Waals surface area contributed by atoms with E-state index in [1.807, 2.05) is 12.1 Å². The normalized spacial score (nSPS) is 10.9. The molecular formula is C24H22FN5O4. The van der Waals surface area contributed by atoms with Gasteiger partial charge in [-0.05, 0) is 41.5 Å². The van der Waals surface area contributed by atoms with E-state index >= 15 is 0 Å². The van der Waals surface area contributed by atoms with Crippen LogP contribution in [0.15, 0.2) is 36.4 Å². The summed E-state index contributed by atoms with van der Waals surface area (Å²) in [6, 6.07) is 13.2. The van der Waals surface area contributed by atoms with Crippen LogP contribution in [0, 0.1) is 28.5 Å². The van der Waals surface area contributed by atoms with Gasteiger partial charge in [0, 0.05) is 0 Å². The van der Waals surface area contributed by atoms with E-state index in [-0.39, 0.29) is 48.2 Å². The van der Waals surface area contributed by atoms with Gasteiger partial charge < -0.3 is 25.1 Å². The number of nitrogens with zero attached hydrogens (tertiary/aromatic N) is 4. The lowest BCUT2D eigenvalue weighted by molar-refractivity contribution is 0.265. The van der Waals surface area contributed by atoms with Crippen LogP contribution in [0.3, 0.4) is 0 Å². The first-order valence-corrected chi connectivity index (χ1v) is 10.1. The molecule has 0 saturated heterocycles. The van der Waals surface area contributed by atoms with Gasteiger partial charge in [0.25, 0.3) is 0 Å². The monoisotopic (exact) mass is 463 g/mol. The Kier molecular flexibility index (Phi) is 7.70. The smallest absolute Gasteiger partial charge is 0.203 e. The highest BCUT2D eigenvalue weighted by Crippen LogP contribution is 2.40. The molecule has 0 spiro atoms. The number of nitrogens with two attached hydrogens (primary N) is 1. The van der Waals surface area contributed by atoms with Gasteiger partial charge in [0.2, 0.25) is 5.75 Å². The quantitative estimate of drug-likeness (QED) is 0.462.